The second-order valence-electron chi connectivity index (χ2n) is 10.1. The van der Waals surface area contributed by atoms with Gasteiger partial charge in [0.25, 0.3) is 5.91 Å². The zero-order chi connectivity index (χ0) is 27.7. The number of rotatable bonds is 4. The first-order valence-corrected chi connectivity index (χ1v) is 12.1. The van der Waals surface area contributed by atoms with Crippen LogP contribution in [-0.2, 0) is 16.0 Å². The quantitative estimate of drug-likeness (QED) is 0.377. The van der Waals surface area contributed by atoms with Gasteiger partial charge < -0.3 is 30.9 Å². The number of hydrogen-bond donors (Lipinski definition) is 5. The van der Waals surface area contributed by atoms with Crippen LogP contribution in [0, 0.1) is 11.8 Å². The zero-order valence-electron chi connectivity index (χ0n) is 21.1. The SMILES string of the molecule is COc1ccccc1-c1ccc(O)c2c1C[C@H]1C[C@H]3C(N(C)C)C(O)=C(C(N)=O)C(=O)[C@@]3(O)C(O)=C1C2=O. The minimum absolute atomic E-state index is 0.0206. The number of fused-ring (bicyclic) bond motifs is 3. The van der Waals surface area contributed by atoms with Crippen LogP contribution in [0.15, 0.2) is 59.1 Å². The number of hydrogen-bond acceptors (Lipinski definition) is 9. The maximum atomic E-state index is 13.8. The van der Waals surface area contributed by atoms with E-state index >= 15 is 0 Å². The standard InChI is InChI=1S/C28H28N2O8/c1-30(2)22-16-11-12-10-15-13(14-6-4-5-7-18(14)38-3)8-9-17(31)20(15)23(32)19(12)25(34)28(16,37)26(35)21(24(22)33)27(29)36/h4-9,12,16,22,31,33-34,37H,10-11H2,1-3H3,(H2,29,36)/t12-,16-,22?,28-/m0/s1. The Morgan fingerprint density at radius 3 is 2.39 bits per heavy atom. The molecule has 38 heavy (non-hydrogen) atoms. The van der Waals surface area contributed by atoms with Crippen molar-refractivity contribution in [2.75, 3.05) is 21.2 Å². The summed E-state index contributed by atoms with van der Waals surface area (Å²) in [6.07, 6.45) is 0.211. The second kappa shape index (κ2) is 8.71. The van der Waals surface area contributed by atoms with Crippen LogP contribution in [-0.4, -0.2) is 75.6 Å². The molecule has 0 bridgehead atoms. The monoisotopic (exact) mass is 520 g/mol. The summed E-state index contributed by atoms with van der Waals surface area (Å²) in [5.41, 5.74) is 3.51. The fraction of sp³-hybridized carbons (Fsp3) is 0.321. The molecule has 5 rings (SSSR count). The van der Waals surface area contributed by atoms with Gasteiger partial charge in [-0.3, -0.25) is 19.3 Å². The smallest absolute Gasteiger partial charge is 0.255 e. The van der Waals surface area contributed by atoms with E-state index in [1.807, 2.05) is 18.2 Å². The number of benzene rings is 2. The maximum absolute atomic E-state index is 13.8. The van der Waals surface area contributed by atoms with E-state index in [1.165, 1.54) is 18.1 Å². The molecule has 3 aliphatic rings. The molecule has 2 aromatic carbocycles. The van der Waals surface area contributed by atoms with Crippen molar-refractivity contribution in [2.45, 2.75) is 24.5 Å². The van der Waals surface area contributed by atoms with Crippen molar-refractivity contribution in [3.8, 4) is 22.6 Å². The lowest BCUT2D eigenvalue weighted by Crippen LogP contribution is -2.63. The van der Waals surface area contributed by atoms with Gasteiger partial charge in [-0.1, -0.05) is 24.3 Å². The molecule has 0 radical (unpaired) electrons. The molecule has 0 saturated heterocycles. The zero-order valence-corrected chi connectivity index (χ0v) is 21.1. The Morgan fingerprint density at radius 1 is 1.08 bits per heavy atom. The summed E-state index contributed by atoms with van der Waals surface area (Å²) in [5.74, 6) is -6.24. The number of phenols is 1. The number of ether oxygens (including phenoxy) is 1. The molecule has 0 spiro atoms. The fourth-order valence-electron chi connectivity index (χ4n) is 6.37. The summed E-state index contributed by atoms with van der Waals surface area (Å²) in [7, 11) is 4.70. The van der Waals surface area contributed by atoms with Gasteiger partial charge in [0, 0.05) is 17.1 Å². The first-order valence-electron chi connectivity index (χ1n) is 12.1. The number of ketones is 2. The lowest BCUT2D eigenvalue weighted by molar-refractivity contribution is -0.148. The van der Waals surface area contributed by atoms with Gasteiger partial charge in [0.1, 0.15) is 28.6 Å². The number of nitrogens with two attached hydrogens (primary N) is 1. The number of Topliss-reactive ketones (excluding diaryl/α,β-unsaturated/α-hetero) is 2. The molecule has 1 amide bonds. The van der Waals surface area contributed by atoms with Gasteiger partial charge in [0.15, 0.2) is 11.4 Å². The van der Waals surface area contributed by atoms with Crippen molar-refractivity contribution in [2.24, 2.45) is 17.6 Å². The highest BCUT2D eigenvalue weighted by molar-refractivity contribution is 6.24. The number of primary amides is 1. The second-order valence-corrected chi connectivity index (χ2v) is 10.1. The molecule has 6 N–H and O–H groups in total. The number of phenolic OH excluding ortho intramolecular Hbond substituents is 1. The van der Waals surface area contributed by atoms with Crippen LogP contribution in [0.4, 0.5) is 0 Å². The predicted molar refractivity (Wildman–Crippen MR) is 136 cm³/mol. The number of likely N-dealkylation sites (N-methyl/N-ethyl adjacent to an activating group) is 1. The number of nitrogens with zero attached hydrogens (tertiary/aromatic N) is 1. The van der Waals surface area contributed by atoms with Crippen molar-refractivity contribution >= 4 is 17.5 Å². The summed E-state index contributed by atoms with van der Waals surface area (Å²) < 4.78 is 5.51. The van der Waals surface area contributed by atoms with Crippen molar-refractivity contribution in [1.82, 2.24) is 4.90 Å². The fourth-order valence-corrected chi connectivity index (χ4v) is 6.37. The van der Waals surface area contributed by atoms with Crippen molar-refractivity contribution in [1.29, 1.82) is 0 Å². The molecule has 0 heterocycles. The summed E-state index contributed by atoms with van der Waals surface area (Å²) >= 11 is 0. The van der Waals surface area contributed by atoms with E-state index in [9.17, 15) is 34.8 Å². The molecule has 2 aromatic rings. The number of methoxy groups -OCH3 is 1. The van der Waals surface area contributed by atoms with Gasteiger partial charge in [-0.05, 0) is 56.1 Å². The summed E-state index contributed by atoms with van der Waals surface area (Å²) in [4.78, 5) is 40.8. The Balaban J connectivity index is 1.74. The Bertz CT molecular complexity index is 1470. The molecule has 1 unspecified atom stereocenters. The highest BCUT2D eigenvalue weighted by atomic mass is 16.5. The van der Waals surface area contributed by atoms with Crippen LogP contribution >= 0.6 is 0 Å². The number of carbonyl (C=O) groups is 3. The third-order valence-electron chi connectivity index (χ3n) is 8.00. The van der Waals surface area contributed by atoms with Gasteiger partial charge >= 0.3 is 0 Å². The van der Waals surface area contributed by atoms with Crippen LogP contribution in [0.25, 0.3) is 11.1 Å². The Labute approximate surface area is 218 Å². The molecule has 0 aromatic heterocycles. The number of carbonyl (C=O) groups excluding carboxylic acids is 3. The third kappa shape index (κ3) is 3.30. The van der Waals surface area contributed by atoms with Crippen LogP contribution in [0.5, 0.6) is 11.5 Å². The van der Waals surface area contributed by atoms with Crippen molar-refractivity contribution < 1.29 is 39.5 Å². The number of aliphatic hydroxyl groups is 3. The van der Waals surface area contributed by atoms with E-state index in [1.54, 1.807) is 26.2 Å². The largest absolute Gasteiger partial charge is 0.510 e. The summed E-state index contributed by atoms with van der Waals surface area (Å²) in [6.45, 7) is 0. The maximum Gasteiger partial charge on any atom is 0.255 e. The lowest BCUT2D eigenvalue weighted by Gasteiger charge is -2.50. The van der Waals surface area contributed by atoms with Crippen LogP contribution in [0.2, 0.25) is 0 Å². The van der Waals surface area contributed by atoms with Gasteiger partial charge in [0.05, 0.1) is 18.7 Å². The number of amides is 1. The first-order chi connectivity index (χ1) is 17.9. The Kier molecular flexibility index (Phi) is 5.85. The minimum Gasteiger partial charge on any atom is -0.510 e. The summed E-state index contributed by atoms with van der Waals surface area (Å²) in [5, 5.41) is 44.7. The summed E-state index contributed by atoms with van der Waals surface area (Å²) in [6, 6.07) is 9.25. The average molecular weight is 521 g/mol. The van der Waals surface area contributed by atoms with Crippen LogP contribution in [0.3, 0.4) is 0 Å². The number of allylic oxidation sites excluding steroid dienone is 1. The van der Waals surface area contributed by atoms with Gasteiger partial charge in [0.2, 0.25) is 5.78 Å². The molecule has 4 atom stereocenters. The predicted octanol–water partition coefficient (Wildman–Crippen LogP) is 1.80. The minimum atomic E-state index is -2.67. The van der Waals surface area contributed by atoms with Crippen molar-refractivity contribution in [3.63, 3.8) is 0 Å². The highest BCUT2D eigenvalue weighted by Crippen LogP contribution is 2.53. The van der Waals surface area contributed by atoms with Crippen LogP contribution < -0.4 is 10.5 Å². The number of aliphatic hydroxyl groups excluding tert-OH is 2. The van der Waals surface area contributed by atoms with E-state index < -0.39 is 58.0 Å². The molecular weight excluding hydrogens is 492 g/mol. The molecule has 0 saturated carbocycles. The van der Waals surface area contributed by atoms with E-state index in [4.69, 9.17) is 10.5 Å². The third-order valence-corrected chi connectivity index (χ3v) is 8.00. The van der Waals surface area contributed by atoms with Gasteiger partial charge in [-0.15, -0.1) is 0 Å². The number of aromatic hydroxyl groups is 1. The van der Waals surface area contributed by atoms with E-state index in [-0.39, 0.29) is 29.7 Å². The lowest BCUT2D eigenvalue weighted by atomic mass is 9.58. The molecule has 0 aliphatic heterocycles. The molecule has 10 heteroatoms. The molecule has 0 fully saturated rings. The molecule has 3 aliphatic carbocycles. The molecule has 10 nitrogen and oxygen atoms in total. The van der Waals surface area contributed by atoms with E-state index in [0.717, 1.165) is 0 Å². The average Bonchev–Trinajstić information content (AvgIpc) is 2.86. The van der Waals surface area contributed by atoms with Crippen LogP contribution in [0.1, 0.15) is 22.3 Å². The molecule has 198 valence electrons. The Morgan fingerprint density at radius 2 is 1.76 bits per heavy atom. The topological polar surface area (TPSA) is 171 Å². The number of para-hydroxylation sites is 1. The normalized spacial score (nSPS) is 26.7. The van der Waals surface area contributed by atoms with Crippen molar-refractivity contribution in [3.05, 3.63) is 70.2 Å². The first kappa shape index (κ1) is 25.5. The van der Waals surface area contributed by atoms with E-state index in [2.05, 4.69) is 0 Å². The molecular formula is C28H28N2O8. The Hall–Kier alpha value is -4.15. The highest BCUT2D eigenvalue weighted by Gasteiger charge is 2.63. The van der Waals surface area contributed by atoms with E-state index in [0.29, 0.717) is 22.4 Å². The van der Waals surface area contributed by atoms with Gasteiger partial charge in [-0.2, -0.15) is 0 Å². The van der Waals surface area contributed by atoms with Gasteiger partial charge in [-0.25, -0.2) is 0 Å².